The number of amides is 1. The van der Waals surface area contributed by atoms with Crippen molar-refractivity contribution < 1.29 is 4.79 Å². The number of tetrazole rings is 1. The second-order valence-electron chi connectivity index (χ2n) is 6.40. The monoisotopic (exact) mass is 371 g/mol. The maximum Gasteiger partial charge on any atom is 0.253 e. The SMILES string of the molecule is Cn1nnnc1N1CCC(NC(=O)c2cnc3ccc(Cl)cc3c2)CC1. The highest BCUT2D eigenvalue weighted by atomic mass is 35.5. The number of pyridine rings is 1. The van der Waals surface area contributed by atoms with E-state index in [1.54, 1.807) is 16.9 Å². The zero-order valence-electron chi connectivity index (χ0n) is 14.3. The van der Waals surface area contributed by atoms with Crippen molar-refractivity contribution in [3.05, 3.63) is 41.0 Å². The van der Waals surface area contributed by atoms with E-state index in [0.717, 1.165) is 42.8 Å². The summed E-state index contributed by atoms with van der Waals surface area (Å²) in [6.07, 6.45) is 3.28. The van der Waals surface area contributed by atoms with Gasteiger partial charge < -0.3 is 10.2 Å². The molecule has 0 aliphatic carbocycles. The number of anilines is 1. The number of benzene rings is 1. The van der Waals surface area contributed by atoms with Crippen LogP contribution in [-0.4, -0.2) is 50.2 Å². The third kappa shape index (κ3) is 3.32. The Hall–Kier alpha value is -2.74. The van der Waals surface area contributed by atoms with E-state index in [1.165, 1.54) is 0 Å². The average molecular weight is 372 g/mol. The Morgan fingerprint density at radius 2 is 2.08 bits per heavy atom. The van der Waals surface area contributed by atoms with Crippen LogP contribution < -0.4 is 10.2 Å². The number of fused-ring (bicyclic) bond motifs is 1. The summed E-state index contributed by atoms with van der Waals surface area (Å²) in [4.78, 5) is 19.0. The van der Waals surface area contributed by atoms with E-state index in [9.17, 15) is 4.79 Å². The quantitative estimate of drug-likeness (QED) is 0.755. The molecule has 1 aliphatic heterocycles. The van der Waals surface area contributed by atoms with Crippen LogP contribution in [0.5, 0.6) is 0 Å². The molecule has 1 fully saturated rings. The average Bonchev–Trinajstić information content (AvgIpc) is 3.07. The lowest BCUT2D eigenvalue weighted by Gasteiger charge is -2.32. The summed E-state index contributed by atoms with van der Waals surface area (Å²) in [7, 11) is 1.82. The van der Waals surface area contributed by atoms with Crippen LogP contribution in [0.4, 0.5) is 5.95 Å². The highest BCUT2D eigenvalue weighted by Crippen LogP contribution is 2.20. The van der Waals surface area contributed by atoms with Crippen LogP contribution >= 0.6 is 11.6 Å². The maximum atomic E-state index is 12.6. The Morgan fingerprint density at radius 3 is 2.81 bits per heavy atom. The van der Waals surface area contributed by atoms with Gasteiger partial charge in [-0.2, -0.15) is 0 Å². The van der Waals surface area contributed by atoms with E-state index in [0.29, 0.717) is 10.6 Å². The molecule has 134 valence electrons. The fourth-order valence-corrected chi connectivity index (χ4v) is 3.39. The van der Waals surface area contributed by atoms with Crippen LogP contribution in [0.2, 0.25) is 5.02 Å². The van der Waals surface area contributed by atoms with Gasteiger partial charge in [-0.15, -0.1) is 0 Å². The molecule has 1 aromatic carbocycles. The first kappa shape index (κ1) is 16.7. The minimum Gasteiger partial charge on any atom is -0.349 e. The summed E-state index contributed by atoms with van der Waals surface area (Å²) in [6.45, 7) is 1.59. The number of hydrogen-bond donors (Lipinski definition) is 1. The largest absolute Gasteiger partial charge is 0.349 e. The number of nitrogens with zero attached hydrogens (tertiary/aromatic N) is 6. The molecular weight excluding hydrogens is 354 g/mol. The molecule has 9 heteroatoms. The van der Waals surface area contributed by atoms with Gasteiger partial charge in [0.25, 0.3) is 5.91 Å². The van der Waals surface area contributed by atoms with E-state index >= 15 is 0 Å². The lowest BCUT2D eigenvalue weighted by atomic mass is 10.0. The van der Waals surface area contributed by atoms with Gasteiger partial charge in [-0.25, -0.2) is 4.68 Å². The van der Waals surface area contributed by atoms with Gasteiger partial charge in [0.1, 0.15) is 0 Å². The molecule has 0 spiro atoms. The van der Waals surface area contributed by atoms with E-state index in [-0.39, 0.29) is 11.9 Å². The highest BCUT2D eigenvalue weighted by molar-refractivity contribution is 6.31. The second-order valence-corrected chi connectivity index (χ2v) is 6.83. The Labute approximate surface area is 155 Å². The molecule has 3 aromatic rings. The summed E-state index contributed by atoms with van der Waals surface area (Å²) >= 11 is 6.02. The van der Waals surface area contributed by atoms with Crippen molar-refractivity contribution in [2.24, 2.45) is 7.05 Å². The van der Waals surface area contributed by atoms with E-state index in [1.807, 2.05) is 25.2 Å². The number of aromatic nitrogens is 5. The molecule has 0 radical (unpaired) electrons. The molecule has 0 saturated carbocycles. The molecule has 4 rings (SSSR count). The smallest absolute Gasteiger partial charge is 0.253 e. The fourth-order valence-electron chi connectivity index (χ4n) is 3.21. The number of carbonyl (C=O) groups is 1. The summed E-state index contributed by atoms with van der Waals surface area (Å²) in [6, 6.07) is 7.39. The molecular formula is C17H18ClN7O. The normalized spacial score (nSPS) is 15.4. The van der Waals surface area contributed by atoms with Gasteiger partial charge in [-0.05, 0) is 47.5 Å². The van der Waals surface area contributed by atoms with Gasteiger partial charge in [0, 0.05) is 42.8 Å². The number of aryl methyl sites for hydroxylation is 1. The van der Waals surface area contributed by atoms with Crippen LogP contribution in [0.1, 0.15) is 23.2 Å². The lowest BCUT2D eigenvalue weighted by molar-refractivity contribution is 0.0931. The van der Waals surface area contributed by atoms with Gasteiger partial charge in [-0.1, -0.05) is 16.7 Å². The summed E-state index contributed by atoms with van der Waals surface area (Å²) in [5.41, 5.74) is 1.36. The molecule has 8 nitrogen and oxygen atoms in total. The Bertz CT molecular complexity index is 949. The van der Waals surface area contributed by atoms with Gasteiger partial charge in [-0.3, -0.25) is 9.78 Å². The van der Waals surface area contributed by atoms with Crippen molar-refractivity contribution >= 4 is 34.4 Å². The lowest BCUT2D eigenvalue weighted by Crippen LogP contribution is -2.45. The van der Waals surface area contributed by atoms with E-state index in [4.69, 9.17) is 11.6 Å². The molecule has 2 aromatic heterocycles. The first-order chi connectivity index (χ1) is 12.6. The van der Waals surface area contributed by atoms with Gasteiger partial charge in [0.2, 0.25) is 5.95 Å². The maximum absolute atomic E-state index is 12.6. The van der Waals surface area contributed by atoms with Crippen LogP contribution in [0.3, 0.4) is 0 Å². The van der Waals surface area contributed by atoms with Crippen molar-refractivity contribution in [1.29, 1.82) is 0 Å². The molecule has 1 amide bonds. The molecule has 1 saturated heterocycles. The molecule has 3 heterocycles. The number of rotatable bonds is 3. The Balaban J connectivity index is 1.40. The number of halogens is 1. The van der Waals surface area contributed by atoms with Crippen molar-refractivity contribution in [3.8, 4) is 0 Å². The number of piperidine rings is 1. The topological polar surface area (TPSA) is 88.8 Å². The van der Waals surface area contributed by atoms with E-state index in [2.05, 4.69) is 30.7 Å². The summed E-state index contributed by atoms with van der Waals surface area (Å²) in [5, 5.41) is 16.1. The molecule has 1 aliphatic rings. The third-order valence-electron chi connectivity index (χ3n) is 4.62. The van der Waals surface area contributed by atoms with Crippen LogP contribution in [-0.2, 0) is 7.05 Å². The first-order valence-electron chi connectivity index (χ1n) is 8.43. The predicted molar refractivity (Wildman–Crippen MR) is 98.3 cm³/mol. The van der Waals surface area contributed by atoms with Crippen LogP contribution in [0.25, 0.3) is 10.9 Å². The molecule has 0 bridgehead atoms. The first-order valence-corrected chi connectivity index (χ1v) is 8.81. The molecule has 0 atom stereocenters. The summed E-state index contributed by atoms with van der Waals surface area (Å²) < 4.78 is 1.66. The fraction of sp³-hybridized carbons (Fsp3) is 0.353. The Morgan fingerprint density at radius 1 is 1.27 bits per heavy atom. The molecule has 26 heavy (non-hydrogen) atoms. The zero-order valence-corrected chi connectivity index (χ0v) is 15.0. The van der Waals surface area contributed by atoms with Gasteiger partial charge in [0.15, 0.2) is 0 Å². The summed E-state index contributed by atoms with van der Waals surface area (Å²) in [5.74, 6) is 0.642. The molecule has 0 unspecified atom stereocenters. The third-order valence-corrected chi connectivity index (χ3v) is 4.85. The van der Waals surface area contributed by atoms with Crippen molar-refractivity contribution in [2.75, 3.05) is 18.0 Å². The van der Waals surface area contributed by atoms with Crippen LogP contribution in [0.15, 0.2) is 30.5 Å². The standard InChI is InChI=1S/C17H18ClN7O/c1-24-17(21-22-23-24)25-6-4-14(5-7-25)20-16(26)12-8-11-9-13(18)2-3-15(11)19-10-12/h2-3,8-10,14H,4-7H2,1H3,(H,20,26). The van der Waals surface area contributed by atoms with Crippen molar-refractivity contribution in [2.45, 2.75) is 18.9 Å². The molecule has 1 N–H and O–H groups in total. The number of hydrogen-bond acceptors (Lipinski definition) is 6. The van der Waals surface area contributed by atoms with Crippen molar-refractivity contribution in [3.63, 3.8) is 0 Å². The number of carbonyl (C=O) groups excluding carboxylic acids is 1. The van der Waals surface area contributed by atoms with Gasteiger partial charge >= 0.3 is 0 Å². The van der Waals surface area contributed by atoms with Crippen LogP contribution in [0, 0.1) is 0 Å². The Kier molecular flexibility index (Phi) is 4.42. The second kappa shape index (κ2) is 6.87. The zero-order chi connectivity index (χ0) is 18.1. The van der Waals surface area contributed by atoms with Gasteiger partial charge in [0.05, 0.1) is 11.1 Å². The highest BCUT2D eigenvalue weighted by Gasteiger charge is 2.24. The minimum atomic E-state index is -0.113. The van der Waals surface area contributed by atoms with E-state index < -0.39 is 0 Å². The number of nitrogens with one attached hydrogen (secondary N) is 1. The minimum absolute atomic E-state index is 0.113. The predicted octanol–water partition coefficient (Wildman–Crippen LogP) is 1.81. The van der Waals surface area contributed by atoms with Crippen molar-refractivity contribution in [1.82, 2.24) is 30.5 Å².